The summed E-state index contributed by atoms with van der Waals surface area (Å²) in [4.78, 5) is 2.92. The molecule has 1 aliphatic carbocycles. The van der Waals surface area contributed by atoms with Crippen LogP contribution in [-0.4, -0.2) is 0 Å². The van der Waals surface area contributed by atoms with Gasteiger partial charge in [-0.15, -0.1) is 0 Å². The first-order valence-corrected chi connectivity index (χ1v) is 11.4. The van der Waals surface area contributed by atoms with Crippen molar-refractivity contribution in [2.24, 2.45) is 0 Å². The van der Waals surface area contributed by atoms with Crippen LogP contribution in [0.3, 0.4) is 0 Å². The summed E-state index contributed by atoms with van der Waals surface area (Å²) in [6.07, 6.45) is 0. The van der Waals surface area contributed by atoms with Crippen LogP contribution >= 0.6 is 31.9 Å². The molecule has 0 spiro atoms. The molecule has 4 heteroatoms. The van der Waals surface area contributed by atoms with Gasteiger partial charge in [0.2, 0.25) is 0 Å². The maximum absolute atomic E-state index is 6.07. The van der Waals surface area contributed by atoms with E-state index in [1.54, 1.807) is 0 Å². The third kappa shape index (κ3) is 3.00. The van der Waals surface area contributed by atoms with Gasteiger partial charge in [-0.25, -0.2) is 0 Å². The molecule has 0 radical (unpaired) electrons. The highest BCUT2D eigenvalue weighted by atomic mass is 79.9. The summed E-state index contributed by atoms with van der Waals surface area (Å²) >= 11 is 7.01. The monoisotopic (exact) mass is 528 g/mol. The normalized spacial score (nSPS) is 13.1. The van der Waals surface area contributed by atoms with Gasteiger partial charge in [-0.2, -0.15) is 0 Å². The van der Waals surface area contributed by atoms with E-state index in [2.05, 4.69) is 103 Å². The fourth-order valence-corrected chi connectivity index (χ4v) is 5.34. The molecule has 0 bridgehead atoms. The van der Waals surface area contributed by atoms with Crippen molar-refractivity contribution in [3.8, 4) is 21.9 Å². The molecule has 31 heavy (non-hydrogen) atoms. The van der Waals surface area contributed by atoms with E-state index in [1.807, 2.05) is 24.3 Å². The lowest BCUT2D eigenvalue weighted by Gasteiger charge is -2.34. The number of nitrogens with two attached hydrogens (primary N) is 2. The molecule has 0 fully saturated rings. The van der Waals surface area contributed by atoms with Crippen LogP contribution in [-0.2, 0) is 5.41 Å². The Morgan fingerprint density at radius 3 is 1.90 bits per heavy atom. The predicted octanol–water partition coefficient (Wildman–Crippen LogP) is 6.68. The number of anilines is 2. The van der Waals surface area contributed by atoms with Crippen LogP contribution in [0.5, 0.6) is 0 Å². The molecule has 2 nitrogen and oxygen atoms in total. The maximum Gasteiger partial charge on any atom is 0.0726 e. The molecule has 0 heterocycles. The average Bonchev–Trinajstić information content (AvgIpc) is 3.06. The molecule has 0 aromatic heterocycles. The molecule has 4 aromatic carbocycles. The van der Waals surface area contributed by atoms with E-state index in [0.29, 0.717) is 0 Å². The number of hydrogen-bond acceptors (Lipinski definition) is 2. The average molecular weight is 530 g/mol. The van der Waals surface area contributed by atoms with Crippen LogP contribution in [0, 0.1) is 10.8 Å². The standard InChI is InChI=1S/C27H18Br2N2/c28-15-14-17-2-1-3-24-23-13-8-20(29)16-25(23)27(26(17)24,18-4-9-21(30)10-5-18)19-6-11-22(31)12-7-19/h1-13,16H,30-31H2. The molecule has 1 aliphatic rings. The molecule has 4 aromatic rings. The molecule has 0 saturated heterocycles. The number of fused-ring (bicyclic) bond motifs is 3. The van der Waals surface area contributed by atoms with Crippen LogP contribution < -0.4 is 11.5 Å². The maximum atomic E-state index is 6.07. The van der Waals surface area contributed by atoms with Crippen molar-refractivity contribution in [1.82, 2.24) is 0 Å². The summed E-state index contributed by atoms with van der Waals surface area (Å²) in [6.45, 7) is 0. The van der Waals surface area contributed by atoms with Crippen LogP contribution in [0.15, 0.2) is 89.4 Å². The zero-order chi connectivity index (χ0) is 21.6. The Bertz CT molecular complexity index is 1320. The van der Waals surface area contributed by atoms with Gasteiger partial charge >= 0.3 is 0 Å². The summed E-state index contributed by atoms with van der Waals surface area (Å²) in [5, 5.41) is 0. The van der Waals surface area contributed by atoms with Crippen molar-refractivity contribution in [2.45, 2.75) is 5.41 Å². The lowest BCUT2D eigenvalue weighted by atomic mass is 9.66. The molecular formula is C27H18Br2N2. The van der Waals surface area contributed by atoms with E-state index in [9.17, 15) is 0 Å². The SMILES string of the molecule is Nc1ccc(C2(c3ccc(N)cc3)c3cc(Br)ccc3-c3cccc(C#CBr)c32)cc1. The third-order valence-electron chi connectivity index (χ3n) is 5.98. The molecule has 0 atom stereocenters. The van der Waals surface area contributed by atoms with E-state index in [1.165, 1.54) is 22.3 Å². The molecule has 0 amide bonds. The van der Waals surface area contributed by atoms with Crippen molar-refractivity contribution < 1.29 is 0 Å². The summed E-state index contributed by atoms with van der Waals surface area (Å²) in [5.74, 6) is 3.28. The smallest absolute Gasteiger partial charge is 0.0726 e. The summed E-state index contributed by atoms with van der Waals surface area (Å²) in [5.41, 5.74) is 21.1. The Labute approximate surface area is 198 Å². The first-order valence-electron chi connectivity index (χ1n) is 9.83. The minimum Gasteiger partial charge on any atom is -0.399 e. The molecule has 0 saturated carbocycles. The molecule has 150 valence electrons. The van der Waals surface area contributed by atoms with Crippen LogP contribution in [0.1, 0.15) is 27.8 Å². The lowest BCUT2D eigenvalue weighted by molar-refractivity contribution is 0.766. The van der Waals surface area contributed by atoms with Crippen molar-refractivity contribution in [3.63, 3.8) is 0 Å². The minimum atomic E-state index is -0.552. The van der Waals surface area contributed by atoms with E-state index < -0.39 is 5.41 Å². The van der Waals surface area contributed by atoms with Crippen molar-refractivity contribution in [2.75, 3.05) is 11.5 Å². The van der Waals surface area contributed by atoms with Gasteiger partial charge in [-0.1, -0.05) is 64.3 Å². The van der Waals surface area contributed by atoms with Crippen molar-refractivity contribution in [3.05, 3.63) is 117 Å². The Balaban J connectivity index is 2.01. The summed E-state index contributed by atoms with van der Waals surface area (Å²) < 4.78 is 1.03. The Kier molecular flexibility index (Phi) is 4.89. The van der Waals surface area contributed by atoms with E-state index in [0.717, 1.165) is 32.5 Å². The van der Waals surface area contributed by atoms with E-state index in [-0.39, 0.29) is 0 Å². The minimum absolute atomic E-state index is 0.552. The number of halogens is 2. The quantitative estimate of drug-likeness (QED) is 0.198. The van der Waals surface area contributed by atoms with Gasteiger partial charge in [0, 0.05) is 37.3 Å². The Morgan fingerprint density at radius 1 is 0.710 bits per heavy atom. The topological polar surface area (TPSA) is 52.0 Å². The summed E-state index contributed by atoms with van der Waals surface area (Å²) in [7, 11) is 0. The predicted molar refractivity (Wildman–Crippen MR) is 136 cm³/mol. The van der Waals surface area contributed by atoms with Gasteiger partial charge in [0.15, 0.2) is 0 Å². The zero-order valence-corrected chi connectivity index (χ0v) is 19.7. The van der Waals surface area contributed by atoms with Gasteiger partial charge in [-0.3, -0.25) is 0 Å². The molecule has 4 N–H and O–H groups in total. The van der Waals surface area contributed by atoms with Gasteiger partial charge in [0.25, 0.3) is 0 Å². The van der Waals surface area contributed by atoms with Gasteiger partial charge < -0.3 is 11.5 Å². The molecule has 5 rings (SSSR count). The first kappa shape index (κ1) is 19.9. The molecule has 0 aliphatic heterocycles. The second-order valence-electron chi connectivity index (χ2n) is 7.63. The third-order valence-corrected chi connectivity index (χ3v) is 6.68. The van der Waals surface area contributed by atoms with Crippen molar-refractivity contribution in [1.29, 1.82) is 0 Å². The number of benzene rings is 4. The summed E-state index contributed by atoms with van der Waals surface area (Å²) in [6, 6.07) is 29.1. The number of hydrogen-bond donors (Lipinski definition) is 2. The highest BCUT2D eigenvalue weighted by Crippen LogP contribution is 2.57. The van der Waals surface area contributed by atoms with Crippen LogP contribution in [0.25, 0.3) is 11.1 Å². The van der Waals surface area contributed by atoms with E-state index >= 15 is 0 Å². The van der Waals surface area contributed by atoms with Crippen LogP contribution in [0.2, 0.25) is 0 Å². The fraction of sp³-hybridized carbons (Fsp3) is 0.0370. The molecule has 0 unspecified atom stereocenters. The van der Waals surface area contributed by atoms with Gasteiger partial charge in [0.1, 0.15) is 0 Å². The second-order valence-corrected chi connectivity index (χ2v) is 8.94. The highest BCUT2D eigenvalue weighted by molar-refractivity contribution is 9.12. The van der Waals surface area contributed by atoms with Crippen molar-refractivity contribution >= 4 is 43.2 Å². The van der Waals surface area contributed by atoms with Crippen LogP contribution in [0.4, 0.5) is 11.4 Å². The first-order chi connectivity index (χ1) is 15.1. The Morgan fingerprint density at radius 2 is 1.32 bits per heavy atom. The molecular weight excluding hydrogens is 512 g/mol. The fourth-order valence-electron chi connectivity index (χ4n) is 4.76. The van der Waals surface area contributed by atoms with Gasteiger partial charge in [0.05, 0.1) is 5.41 Å². The zero-order valence-electron chi connectivity index (χ0n) is 16.5. The number of nitrogen functional groups attached to an aromatic ring is 2. The number of rotatable bonds is 2. The van der Waals surface area contributed by atoms with E-state index in [4.69, 9.17) is 11.5 Å². The largest absolute Gasteiger partial charge is 0.399 e. The Hall–Kier alpha value is -3.00. The second kappa shape index (κ2) is 7.60. The lowest BCUT2D eigenvalue weighted by Crippen LogP contribution is -2.29. The highest BCUT2D eigenvalue weighted by Gasteiger charge is 2.47. The van der Waals surface area contributed by atoms with Gasteiger partial charge in [-0.05, 0) is 80.7 Å².